The van der Waals surface area contributed by atoms with Crippen molar-refractivity contribution in [2.75, 3.05) is 23.4 Å². The van der Waals surface area contributed by atoms with Crippen LogP contribution in [0.3, 0.4) is 0 Å². The van der Waals surface area contributed by atoms with Gasteiger partial charge in [0.25, 0.3) is 0 Å². The summed E-state index contributed by atoms with van der Waals surface area (Å²) in [5.41, 5.74) is 2.30. The van der Waals surface area contributed by atoms with Gasteiger partial charge in [-0.1, -0.05) is 18.2 Å². The Kier molecular flexibility index (Phi) is 3.77. The minimum atomic E-state index is -0.0998. The van der Waals surface area contributed by atoms with Gasteiger partial charge in [-0.2, -0.15) is 11.8 Å². The van der Waals surface area contributed by atoms with Crippen molar-refractivity contribution in [1.29, 1.82) is 0 Å². The lowest BCUT2D eigenvalue weighted by Gasteiger charge is -2.37. The number of anilines is 1. The molecule has 0 amide bonds. The number of aryl methyl sites for hydroxylation is 1. The van der Waals surface area contributed by atoms with Crippen LogP contribution in [0.15, 0.2) is 24.3 Å². The van der Waals surface area contributed by atoms with Crippen LogP contribution in [0.4, 0.5) is 5.69 Å². The summed E-state index contributed by atoms with van der Waals surface area (Å²) < 4.78 is 0. The molecular weight excluding hydrogens is 218 g/mol. The number of hydrogen-bond acceptors (Lipinski definition) is 3. The number of aliphatic hydroxyl groups excluding tert-OH is 1. The number of para-hydroxylation sites is 1. The molecule has 0 atom stereocenters. The van der Waals surface area contributed by atoms with Gasteiger partial charge in [0.2, 0.25) is 0 Å². The summed E-state index contributed by atoms with van der Waals surface area (Å²) in [5, 5.41) is 13.2. The van der Waals surface area contributed by atoms with Crippen molar-refractivity contribution in [3.8, 4) is 0 Å². The van der Waals surface area contributed by atoms with E-state index in [9.17, 15) is 5.11 Å². The van der Waals surface area contributed by atoms with Crippen LogP contribution < -0.4 is 5.32 Å². The van der Waals surface area contributed by atoms with E-state index in [-0.39, 0.29) is 12.1 Å². The largest absolute Gasteiger partial charge is 0.394 e. The van der Waals surface area contributed by atoms with Crippen molar-refractivity contribution in [2.45, 2.75) is 25.3 Å². The summed E-state index contributed by atoms with van der Waals surface area (Å²) in [6, 6.07) is 8.28. The summed E-state index contributed by atoms with van der Waals surface area (Å²) in [5.74, 6) is 2.28. The van der Waals surface area contributed by atoms with Gasteiger partial charge in [-0.05, 0) is 42.9 Å². The van der Waals surface area contributed by atoms with Crippen LogP contribution in [0.1, 0.15) is 18.4 Å². The zero-order valence-electron chi connectivity index (χ0n) is 9.70. The standard InChI is InChI=1S/C13H19NOS/c1-11-4-2-3-5-12(11)14-13(10-15)6-8-16-9-7-13/h2-5,14-15H,6-10H2,1H3. The maximum Gasteiger partial charge on any atom is 0.0662 e. The monoisotopic (exact) mass is 237 g/mol. The first-order valence-corrected chi connectivity index (χ1v) is 6.94. The first-order valence-electron chi connectivity index (χ1n) is 5.78. The van der Waals surface area contributed by atoms with E-state index in [2.05, 4.69) is 24.4 Å². The lowest BCUT2D eigenvalue weighted by atomic mass is 9.92. The third-order valence-electron chi connectivity index (χ3n) is 3.30. The molecule has 2 rings (SSSR count). The molecule has 0 saturated carbocycles. The first kappa shape index (κ1) is 11.8. The third kappa shape index (κ3) is 2.53. The molecule has 1 aliphatic rings. The Morgan fingerprint density at radius 2 is 2.00 bits per heavy atom. The van der Waals surface area contributed by atoms with E-state index in [1.54, 1.807) is 0 Å². The van der Waals surface area contributed by atoms with E-state index in [4.69, 9.17) is 0 Å². The van der Waals surface area contributed by atoms with Gasteiger partial charge in [0.15, 0.2) is 0 Å². The summed E-state index contributed by atoms with van der Waals surface area (Å²) >= 11 is 1.98. The topological polar surface area (TPSA) is 32.3 Å². The predicted molar refractivity (Wildman–Crippen MR) is 71.2 cm³/mol. The molecule has 88 valence electrons. The highest BCUT2D eigenvalue weighted by atomic mass is 32.2. The van der Waals surface area contributed by atoms with Crippen LogP contribution in [0, 0.1) is 6.92 Å². The fourth-order valence-electron chi connectivity index (χ4n) is 2.08. The van der Waals surface area contributed by atoms with Gasteiger partial charge in [-0.25, -0.2) is 0 Å². The number of aliphatic hydroxyl groups is 1. The molecule has 0 spiro atoms. The molecule has 1 saturated heterocycles. The zero-order chi connectivity index (χ0) is 11.4. The second-order valence-corrected chi connectivity index (χ2v) is 5.72. The molecule has 1 fully saturated rings. The lowest BCUT2D eigenvalue weighted by molar-refractivity contribution is 0.202. The molecule has 1 aromatic carbocycles. The average Bonchev–Trinajstić information content (AvgIpc) is 2.33. The van der Waals surface area contributed by atoms with Crippen molar-refractivity contribution in [1.82, 2.24) is 0 Å². The summed E-state index contributed by atoms with van der Waals surface area (Å²) in [7, 11) is 0. The Morgan fingerprint density at radius 1 is 1.31 bits per heavy atom. The number of rotatable bonds is 3. The number of thioether (sulfide) groups is 1. The lowest BCUT2D eigenvalue weighted by Crippen LogP contribution is -2.45. The number of nitrogens with one attached hydrogen (secondary N) is 1. The summed E-state index contributed by atoms with van der Waals surface area (Å²) in [4.78, 5) is 0. The first-order chi connectivity index (χ1) is 7.76. The van der Waals surface area contributed by atoms with Gasteiger partial charge in [-0.15, -0.1) is 0 Å². The SMILES string of the molecule is Cc1ccccc1NC1(CO)CCSCC1. The van der Waals surface area contributed by atoms with Crippen molar-refractivity contribution < 1.29 is 5.11 Å². The number of hydrogen-bond donors (Lipinski definition) is 2. The van der Waals surface area contributed by atoms with Gasteiger partial charge in [0, 0.05) is 5.69 Å². The molecule has 16 heavy (non-hydrogen) atoms. The second-order valence-electron chi connectivity index (χ2n) is 4.49. The number of benzene rings is 1. The Morgan fingerprint density at radius 3 is 2.62 bits per heavy atom. The van der Waals surface area contributed by atoms with Crippen LogP contribution in [0.25, 0.3) is 0 Å². The molecule has 2 nitrogen and oxygen atoms in total. The zero-order valence-corrected chi connectivity index (χ0v) is 10.5. The Labute approximate surface area is 101 Å². The van der Waals surface area contributed by atoms with Crippen LogP contribution in [0.5, 0.6) is 0 Å². The molecule has 1 aromatic rings. The predicted octanol–water partition coefficient (Wildman–Crippen LogP) is 2.67. The average molecular weight is 237 g/mol. The third-order valence-corrected chi connectivity index (χ3v) is 4.28. The minimum Gasteiger partial charge on any atom is -0.394 e. The van der Waals surface area contributed by atoms with Crippen molar-refractivity contribution in [2.24, 2.45) is 0 Å². The minimum absolute atomic E-state index is 0.0998. The van der Waals surface area contributed by atoms with Gasteiger partial charge < -0.3 is 10.4 Å². The van der Waals surface area contributed by atoms with Gasteiger partial charge >= 0.3 is 0 Å². The van der Waals surface area contributed by atoms with Crippen molar-refractivity contribution in [3.63, 3.8) is 0 Å². The van der Waals surface area contributed by atoms with Crippen LogP contribution in [0.2, 0.25) is 0 Å². The summed E-state index contributed by atoms with van der Waals surface area (Å²) in [6.07, 6.45) is 2.09. The maximum atomic E-state index is 9.62. The highest BCUT2D eigenvalue weighted by Crippen LogP contribution is 2.31. The highest BCUT2D eigenvalue weighted by molar-refractivity contribution is 7.99. The van der Waals surface area contributed by atoms with Crippen molar-refractivity contribution in [3.05, 3.63) is 29.8 Å². The smallest absolute Gasteiger partial charge is 0.0662 e. The second kappa shape index (κ2) is 5.11. The fraction of sp³-hybridized carbons (Fsp3) is 0.538. The Bertz CT molecular complexity index is 348. The van der Waals surface area contributed by atoms with Crippen LogP contribution >= 0.6 is 11.8 Å². The normalized spacial score (nSPS) is 19.4. The molecule has 1 heterocycles. The Balaban J connectivity index is 2.15. The molecule has 0 bridgehead atoms. The maximum absolute atomic E-state index is 9.62. The fourth-order valence-corrected chi connectivity index (χ4v) is 3.36. The quantitative estimate of drug-likeness (QED) is 0.847. The summed E-state index contributed by atoms with van der Waals surface area (Å²) in [6.45, 7) is 2.33. The molecule has 2 N–H and O–H groups in total. The molecule has 0 aromatic heterocycles. The van der Waals surface area contributed by atoms with E-state index in [1.165, 1.54) is 5.56 Å². The van der Waals surface area contributed by atoms with Crippen molar-refractivity contribution >= 4 is 17.4 Å². The molecule has 3 heteroatoms. The molecular formula is C13H19NOS. The molecule has 0 aliphatic carbocycles. The van der Waals surface area contributed by atoms with E-state index in [0.29, 0.717) is 0 Å². The van der Waals surface area contributed by atoms with Gasteiger partial charge in [0.1, 0.15) is 0 Å². The molecule has 0 radical (unpaired) electrons. The molecule has 0 unspecified atom stereocenters. The van der Waals surface area contributed by atoms with Gasteiger partial charge in [0.05, 0.1) is 12.1 Å². The highest BCUT2D eigenvalue weighted by Gasteiger charge is 2.31. The molecule has 1 aliphatic heterocycles. The van der Waals surface area contributed by atoms with E-state index < -0.39 is 0 Å². The van der Waals surface area contributed by atoms with E-state index >= 15 is 0 Å². The van der Waals surface area contributed by atoms with E-state index in [1.807, 2.05) is 23.9 Å². The Hall–Kier alpha value is -0.670. The van der Waals surface area contributed by atoms with Crippen LogP contribution in [-0.4, -0.2) is 28.8 Å². The van der Waals surface area contributed by atoms with Gasteiger partial charge in [-0.3, -0.25) is 0 Å². The van der Waals surface area contributed by atoms with E-state index in [0.717, 1.165) is 30.0 Å². The van der Waals surface area contributed by atoms with Crippen LogP contribution in [-0.2, 0) is 0 Å².